The fourth-order valence-corrected chi connectivity index (χ4v) is 6.10. The van der Waals surface area contributed by atoms with Gasteiger partial charge < -0.3 is 20.3 Å². The number of thioether (sulfide) groups is 1. The van der Waals surface area contributed by atoms with Gasteiger partial charge >= 0.3 is 17.9 Å². The van der Waals surface area contributed by atoms with Gasteiger partial charge in [-0.1, -0.05) is 12.1 Å². The fraction of sp³-hybridized carbons (Fsp3) is 0.385. The van der Waals surface area contributed by atoms with Gasteiger partial charge in [0.1, 0.15) is 42.0 Å². The van der Waals surface area contributed by atoms with Gasteiger partial charge in [0.25, 0.3) is 17.7 Å². The van der Waals surface area contributed by atoms with Gasteiger partial charge in [-0.25, -0.2) is 9.59 Å². The van der Waals surface area contributed by atoms with Crippen molar-refractivity contribution in [3.05, 3.63) is 46.7 Å². The monoisotopic (exact) mass is 587 g/mol. The number of nitrogens with zero attached hydrogens (tertiary/aromatic N) is 2. The van der Waals surface area contributed by atoms with Gasteiger partial charge in [0.05, 0.1) is 11.1 Å². The summed E-state index contributed by atoms with van der Waals surface area (Å²) in [7, 11) is 0. The number of fused-ring (bicyclic) bond motifs is 2. The zero-order valence-electron chi connectivity index (χ0n) is 21.7. The van der Waals surface area contributed by atoms with Crippen LogP contribution in [0.5, 0.6) is 0 Å². The molecule has 1 saturated heterocycles. The third-order valence-corrected chi connectivity index (χ3v) is 8.01. The lowest BCUT2D eigenvalue weighted by atomic mass is 10.0. The van der Waals surface area contributed by atoms with Crippen LogP contribution < -0.4 is 5.32 Å². The molecule has 0 radical (unpaired) electrons. The number of carboxylic acid groups (broad SMARTS) is 2. The highest BCUT2D eigenvalue weighted by atomic mass is 32.2. The minimum atomic E-state index is -1.49. The summed E-state index contributed by atoms with van der Waals surface area (Å²) in [6, 6.07) is 3.45. The number of aliphatic carboxylic acids is 2. The second kappa shape index (κ2) is 11.9. The highest BCUT2D eigenvalue weighted by Gasteiger charge is 2.54. The first-order valence-electron chi connectivity index (χ1n) is 12.5. The Morgan fingerprint density at radius 3 is 2.27 bits per heavy atom. The van der Waals surface area contributed by atoms with E-state index >= 15 is 0 Å². The lowest BCUT2D eigenvalue weighted by Gasteiger charge is -2.49. The minimum Gasteiger partial charge on any atom is -0.480 e. The summed E-state index contributed by atoms with van der Waals surface area (Å²) in [5.74, 6) is -6.71. The van der Waals surface area contributed by atoms with Crippen LogP contribution in [0.2, 0.25) is 0 Å². The fourth-order valence-electron chi connectivity index (χ4n) is 4.77. The molecule has 0 saturated carbocycles. The highest BCUT2D eigenvalue weighted by molar-refractivity contribution is 8.00. The number of carboxylic acids is 2. The largest absolute Gasteiger partial charge is 0.480 e. The molecule has 3 atom stereocenters. The number of ether oxygens (including phenoxy) is 1. The van der Waals surface area contributed by atoms with E-state index in [4.69, 9.17) is 4.74 Å². The molecule has 14 nitrogen and oxygen atoms in total. The van der Waals surface area contributed by atoms with E-state index in [0.717, 1.165) is 16.7 Å². The van der Waals surface area contributed by atoms with Crippen LogP contribution in [0.15, 0.2) is 35.5 Å². The van der Waals surface area contributed by atoms with Gasteiger partial charge in [0.2, 0.25) is 5.91 Å². The van der Waals surface area contributed by atoms with E-state index in [2.05, 4.69) is 5.32 Å². The molecule has 0 aromatic heterocycles. The predicted octanol–water partition coefficient (Wildman–Crippen LogP) is 0.167. The third kappa shape index (κ3) is 5.84. The Kier molecular flexibility index (Phi) is 8.56. The van der Waals surface area contributed by atoms with E-state index in [1.807, 2.05) is 0 Å². The summed E-state index contributed by atoms with van der Waals surface area (Å²) in [6.07, 6.45) is -0.899. The first kappa shape index (κ1) is 29.5. The normalized spacial score (nSPS) is 20.2. The predicted molar refractivity (Wildman–Crippen MR) is 138 cm³/mol. The van der Waals surface area contributed by atoms with Crippen LogP contribution in [0.1, 0.15) is 53.3 Å². The molecule has 1 unspecified atom stereocenters. The first-order valence-corrected chi connectivity index (χ1v) is 13.5. The number of hydrogen-bond donors (Lipinski definition) is 3. The number of rotatable bonds is 12. The van der Waals surface area contributed by atoms with Gasteiger partial charge in [0, 0.05) is 17.7 Å². The molecule has 1 aromatic carbocycles. The average Bonchev–Trinajstić information content (AvgIpc) is 3.16. The van der Waals surface area contributed by atoms with Crippen molar-refractivity contribution < 1.29 is 53.3 Å². The van der Waals surface area contributed by atoms with E-state index in [9.17, 15) is 48.6 Å². The third-order valence-electron chi connectivity index (χ3n) is 6.67. The standard InChI is InChI=1S/C26H25N3O11S/c1-12(30)9-18(32)40-10-13-11-41-24-19(23(35)29(24)20(13)26(38)39)27-17(31)8-4-7-16(25(36)37)28-21(33)14-5-2-3-6-15(14)22(28)34/h2-3,5-6,16,19,24H,4,7-11H2,1H3,(H,27,31)(H,36,37)(H,38,39)/t16?,19-,24+/m1/s1. The maximum absolute atomic E-state index is 12.8. The van der Waals surface area contributed by atoms with Crippen molar-refractivity contribution in [3.63, 3.8) is 0 Å². The molecule has 0 aliphatic carbocycles. The lowest BCUT2D eigenvalue weighted by molar-refractivity contribution is -0.151. The highest BCUT2D eigenvalue weighted by Crippen LogP contribution is 2.40. The molecule has 1 aromatic rings. The average molecular weight is 588 g/mol. The van der Waals surface area contributed by atoms with Crippen molar-refractivity contribution >= 4 is 59.1 Å². The SMILES string of the molecule is CC(=O)CC(=O)OCC1=C(C(=O)O)N2C(=O)[C@@H](NC(=O)CCCC(C(=O)O)N3C(=O)c4ccccc4C3=O)[C@@H]2SC1. The Morgan fingerprint density at radius 1 is 1.07 bits per heavy atom. The Morgan fingerprint density at radius 2 is 1.71 bits per heavy atom. The summed E-state index contributed by atoms with van der Waals surface area (Å²) in [5, 5.41) is 21.2. The molecule has 4 rings (SSSR count). The zero-order valence-corrected chi connectivity index (χ0v) is 22.5. The molecular weight excluding hydrogens is 562 g/mol. The molecule has 41 heavy (non-hydrogen) atoms. The van der Waals surface area contributed by atoms with Gasteiger partial charge in [-0.15, -0.1) is 11.8 Å². The molecule has 15 heteroatoms. The number of carbonyl (C=O) groups is 8. The van der Waals surface area contributed by atoms with E-state index in [1.54, 1.807) is 12.1 Å². The van der Waals surface area contributed by atoms with Crippen molar-refractivity contribution in [1.29, 1.82) is 0 Å². The number of Topliss-reactive ketones (excluding diaryl/α,β-unsaturated/α-hetero) is 1. The van der Waals surface area contributed by atoms with Gasteiger partial charge in [-0.3, -0.25) is 38.6 Å². The number of nitrogens with one attached hydrogen (secondary N) is 1. The first-order chi connectivity index (χ1) is 19.4. The Hall–Kier alpha value is -4.53. The molecule has 3 heterocycles. The number of ketones is 1. The molecule has 0 spiro atoms. The lowest BCUT2D eigenvalue weighted by Crippen LogP contribution is -2.70. The van der Waals surface area contributed by atoms with Crippen LogP contribution >= 0.6 is 11.8 Å². The van der Waals surface area contributed by atoms with Crippen LogP contribution in [0.25, 0.3) is 0 Å². The minimum absolute atomic E-state index is 0.0192. The van der Waals surface area contributed by atoms with E-state index in [0.29, 0.717) is 4.90 Å². The summed E-state index contributed by atoms with van der Waals surface area (Å²) in [5.41, 5.74) is 0.0186. The quantitative estimate of drug-likeness (QED) is 0.130. The number of hydrogen-bond acceptors (Lipinski definition) is 10. The molecule has 3 N–H and O–H groups in total. The van der Waals surface area contributed by atoms with Crippen molar-refractivity contribution in [2.75, 3.05) is 12.4 Å². The van der Waals surface area contributed by atoms with E-state index in [-0.39, 0.29) is 47.4 Å². The van der Waals surface area contributed by atoms with Crippen LogP contribution in [0.4, 0.5) is 0 Å². The second-order valence-corrected chi connectivity index (χ2v) is 10.6. The number of β-lactam (4-membered cyclic amide) rings is 1. The maximum Gasteiger partial charge on any atom is 0.352 e. The zero-order chi connectivity index (χ0) is 30.0. The number of amides is 4. The van der Waals surface area contributed by atoms with Crippen LogP contribution in [-0.4, -0.2) is 97.2 Å². The number of esters is 1. The maximum atomic E-state index is 12.8. The molecular formula is C26H25N3O11S. The van der Waals surface area contributed by atoms with Crippen molar-refractivity contribution in [2.45, 2.75) is 50.1 Å². The smallest absolute Gasteiger partial charge is 0.352 e. The summed E-state index contributed by atoms with van der Waals surface area (Å²) >= 11 is 1.16. The van der Waals surface area contributed by atoms with Gasteiger partial charge in [-0.2, -0.15) is 0 Å². The summed E-state index contributed by atoms with van der Waals surface area (Å²) < 4.78 is 4.97. The molecule has 1 fully saturated rings. The molecule has 4 amide bonds. The molecule has 3 aliphatic rings. The van der Waals surface area contributed by atoms with E-state index < -0.39 is 77.8 Å². The van der Waals surface area contributed by atoms with Crippen LogP contribution in [-0.2, 0) is 33.5 Å². The Balaban J connectivity index is 1.33. The van der Waals surface area contributed by atoms with Gasteiger partial charge in [0.15, 0.2) is 0 Å². The van der Waals surface area contributed by atoms with Gasteiger partial charge in [-0.05, 0) is 31.9 Å². The van der Waals surface area contributed by atoms with Crippen molar-refractivity contribution in [1.82, 2.24) is 15.1 Å². The molecule has 216 valence electrons. The Labute approximate surface area is 236 Å². The number of carbonyl (C=O) groups excluding carboxylic acids is 6. The van der Waals surface area contributed by atoms with Crippen LogP contribution in [0, 0.1) is 0 Å². The van der Waals surface area contributed by atoms with Crippen molar-refractivity contribution in [2.24, 2.45) is 0 Å². The van der Waals surface area contributed by atoms with Crippen molar-refractivity contribution in [3.8, 4) is 0 Å². The topological polar surface area (TPSA) is 205 Å². The molecule has 3 aliphatic heterocycles. The number of benzene rings is 1. The number of imide groups is 1. The summed E-state index contributed by atoms with van der Waals surface area (Å²) in [4.78, 5) is 98.9. The summed E-state index contributed by atoms with van der Waals surface area (Å²) in [6.45, 7) is 0.794. The Bertz CT molecular complexity index is 1370. The van der Waals surface area contributed by atoms with Crippen LogP contribution in [0.3, 0.4) is 0 Å². The molecule has 0 bridgehead atoms. The second-order valence-electron chi connectivity index (χ2n) is 9.52. The van der Waals surface area contributed by atoms with E-state index in [1.165, 1.54) is 19.1 Å².